The molecule has 1 atom stereocenters. The molecule has 4 heteroatoms. The molecule has 0 aliphatic carbocycles. The van der Waals surface area contributed by atoms with Crippen LogP contribution in [0.15, 0.2) is 24.3 Å². The van der Waals surface area contributed by atoms with Gasteiger partial charge in [0, 0.05) is 12.5 Å². The summed E-state index contributed by atoms with van der Waals surface area (Å²) in [7, 11) is 0. The second-order valence-electron chi connectivity index (χ2n) is 6.37. The Morgan fingerprint density at radius 1 is 1.17 bits per heavy atom. The molecule has 0 bridgehead atoms. The number of rotatable bonds is 8. The Bertz CT molecular complexity index is 643. The Hall–Kier alpha value is -1.84. The lowest BCUT2D eigenvalue weighted by atomic mass is 10.0. The summed E-state index contributed by atoms with van der Waals surface area (Å²) in [6.45, 7) is 10.0. The van der Waals surface area contributed by atoms with E-state index in [1.54, 1.807) is 0 Å². The van der Waals surface area contributed by atoms with Gasteiger partial charge in [-0.25, -0.2) is 4.98 Å². The second-order valence-corrected chi connectivity index (χ2v) is 6.37. The Labute approximate surface area is 139 Å². The van der Waals surface area contributed by atoms with Crippen LogP contribution in [0.3, 0.4) is 0 Å². The number of aromatic nitrogens is 2. The Kier molecular flexibility index (Phi) is 6.20. The number of hydrogen-bond acceptors (Lipinski definition) is 2. The first-order valence-electron chi connectivity index (χ1n) is 8.82. The summed E-state index contributed by atoms with van der Waals surface area (Å²) >= 11 is 0. The molecular weight excluding hydrogens is 286 g/mol. The first-order chi connectivity index (χ1) is 11.1. The Balaban J connectivity index is 2.21. The van der Waals surface area contributed by atoms with Crippen molar-refractivity contribution in [2.45, 2.75) is 60.0 Å². The van der Waals surface area contributed by atoms with E-state index >= 15 is 0 Å². The molecule has 0 aliphatic heterocycles. The van der Waals surface area contributed by atoms with E-state index in [0.717, 1.165) is 42.7 Å². The van der Waals surface area contributed by atoms with Crippen molar-refractivity contribution < 1.29 is 4.79 Å². The number of carbonyl (C=O) groups is 1. The molecule has 1 amide bonds. The number of benzene rings is 1. The molecule has 1 aromatic heterocycles. The van der Waals surface area contributed by atoms with Crippen LogP contribution in [-0.2, 0) is 17.9 Å². The zero-order chi connectivity index (χ0) is 16.8. The molecule has 0 fully saturated rings. The largest absolute Gasteiger partial charge is 0.349 e. The standard InChI is InChI=1S/C19H29N3O/c1-5-14(4)13-22-17-11-9-8-10-16(17)21-18(22)12-20-19(23)15(6-2)7-3/h8-11,14-15H,5-7,12-13H2,1-4H3,(H,20,23). The van der Waals surface area contributed by atoms with Crippen molar-refractivity contribution >= 4 is 16.9 Å². The van der Waals surface area contributed by atoms with Gasteiger partial charge in [-0.1, -0.05) is 46.2 Å². The van der Waals surface area contributed by atoms with Crippen LogP contribution in [0.2, 0.25) is 0 Å². The first-order valence-corrected chi connectivity index (χ1v) is 8.82. The summed E-state index contributed by atoms with van der Waals surface area (Å²) in [6.07, 6.45) is 2.89. The molecule has 1 N–H and O–H groups in total. The van der Waals surface area contributed by atoms with E-state index in [1.807, 2.05) is 18.2 Å². The predicted molar refractivity (Wildman–Crippen MR) is 95.1 cm³/mol. The monoisotopic (exact) mass is 315 g/mol. The fourth-order valence-electron chi connectivity index (χ4n) is 2.87. The Morgan fingerprint density at radius 2 is 1.87 bits per heavy atom. The van der Waals surface area contributed by atoms with E-state index in [1.165, 1.54) is 0 Å². The van der Waals surface area contributed by atoms with Crippen molar-refractivity contribution in [1.82, 2.24) is 14.9 Å². The third kappa shape index (κ3) is 4.12. The summed E-state index contributed by atoms with van der Waals surface area (Å²) in [6, 6.07) is 8.20. The van der Waals surface area contributed by atoms with Crippen molar-refractivity contribution in [2.75, 3.05) is 0 Å². The van der Waals surface area contributed by atoms with Gasteiger partial charge in [0.2, 0.25) is 5.91 Å². The molecule has 4 nitrogen and oxygen atoms in total. The predicted octanol–water partition coefficient (Wildman–Crippen LogP) is 4.13. The van der Waals surface area contributed by atoms with Gasteiger partial charge in [0.1, 0.15) is 5.82 Å². The van der Waals surface area contributed by atoms with Crippen molar-refractivity contribution in [2.24, 2.45) is 11.8 Å². The maximum atomic E-state index is 12.2. The molecule has 0 spiro atoms. The van der Waals surface area contributed by atoms with Gasteiger partial charge in [0.15, 0.2) is 0 Å². The first kappa shape index (κ1) is 17.5. The lowest BCUT2D eigenvalue weighted by Crippen LogP contribution is -2.31. The van der Waals surface area contributed by atoms with Crippen molar-refractivity contribution in [3.05, 3.63) is 30.1 Å². The van der Waals surface area contributed by atoms with Crippen LogP contribution in [0.4, 0.5) is 0 Å². The summed E-state index contributed by atoms with van der Waals surface area (Å²) in [5.41, 5.74) is 2.15. The number of fused-ring (bicyclic) bond motifs is 1. The highest BCUT2D eigenvalue weighted by atomic mass is 16.1. The van der Waals surface area contributed by atoms with E-state index < -0.39 is 0 Å². The van der Waals surface area contributed by atoms with E-state index in [4.69, 9.17) is 4.98 Å². The minimum Gasteiger partial charge on any atom is -0.349 e. The summed E-state index contributed by atoms with van der Waals surface area (Å²) in [5, 5.41) is 3.07. The van der Waals surface area contributed by atoms with Gasteiger partial charge in [-0.05, 0) is 30.9 Å². The lowest BCUT2D eigenvalue weighted by molar-refractivity contribution is -0.125. The number of nitrogens with one attached hydrogen (secondary N) is 1. The summed E-state index contributed by atoms with van der Waals surface area (Å²) in [4.78, 5) is 17.0. The molecule has 0 saturated heterocycles. The third-order valence-electron chi connectivity index (χ3n) is 4.70. The average molecular weight is 315 g/mol. The quantitative estimate of drug-likeness (QED) is 0.796. The fraction of sp³-hybridized carbons (Fsp3) is 0.579. The average Bonchev–Trinajstić information content (AvgIpc) is 2.91. The molecule has 23 heavy (non-hydrogen) atoms. The Morgan fingerprint density at radius 3 is 2.52 bits per heavy atom. The molecule has 2 aromatic rings. The minimum absolute atomic E-state index is 0.0994. The highest BCUT2D eigenvalue weighted by molar-refractivity contribution is 5.79. The molecule has 126 valence electrons. The van der Waals surface area contributed by atoms with Gasteiger partial charge < -0.3 is 9.88 Å². The summed E-state index contributed by atoms with van der Waals surface area (Å²) < 4.78 is 2.26. The maximum absolute atomic E-state index is 12.2. The number of amides is 1. The van der Waals surface area contributed by atoms with Crippen molar-refractivity contribution in [1.29, 1.82) is 0 Å². The van der Waals surface area contributed by atoms with Crippen LogP contribution in [-0.4, -0.2) is 15.5 Å². The highest BCUT2D eigenvalue weighted by Crippen LogP contribution is 2.19. The number of hydrogen-bond donors (Lipinski definition) is 1. The van der Waals surface area contributed by atoms with Crippen molar-refractivity contribution in [3.63, 3.8) is 0 Å². The molecule has 1 aromatic carbocycles. The number of carbonyl (C=O) groups excluding carboxylic acids is 1. The SMILES string of the molecule is CCC(C)Cn1c(CNC(=O)C(CC)CC)nc2ccccc21. The van der Waals surface area contributed by atoms with Crippen LogP contribution < -0.4 is 5.32 Å². The van der Waals surface area contributed by atoms with Crippen LogP contribution in [0.1, 0.15) is 52.8 Å². The van der Waals surface area contributed by atoms with Crippen molar-refractivity contribution in [3.8, 4) is 0 Å². The zero-order valence-corrected chi connectivity index (χ0v) is 14.8. The molecule has 1 heterocycles. The van der Waals surface area contributed by atoms with Gasteiger partial charge in [0.25, 0.3) is 0 Å². The zero-order valence-electron chi connectivity index (χ0n) is 14.8. The van der Waals surface area contributed by atoms with E-state index in [2.05, 4.69) is 43.6 Å². The topological polar surface area (TPSA) is 46.9 Å². The van der Waals surface area contributed by atoms with Gasteiger partial charge >= 0.3 is 0 Å². The van der Waals surface area contributed by atoms with Gasteiger partial charge in [-0.15, -0.1) is 0 Å². The van der Waals surface area contributed by atoms with Gasteiger partial charge in [-0.3, -0.25) is 4.79 Å². The van der Waals surface area contributed by atoms with E-state index in [-0.39, 0.29) is 11.8 Å². The molecule has 1 unspecified atom stereocenters. The summed E-state index contributed by atoms with van der Waals surface area (Å²) in [5.74, 6) is 1.77. The molecule has 2 rings (SSSR count). The fourth-order valence-corrected chi connectivity index (χ4v) is 2.87. The van der Waals surface area contributed by atoms with Gasteiger partial charge in [0.05, 0.1) is 17.6 Å². The van der Waals surface area contributed by atoms with E-state index in [0.29, 0.717) is 12.5 Å². The van der Waals surface area contributed by atoms with Crippen LogP contribution >= 0.6 is 0 Å². The number of imidazole rings is 1. The van der Waals surface area contributed by atoms with Gasteiger partial charge in [-0.2, -0.15) is 0 Å². The maximum Gasteiger partial charge on any atom is 0.223 e. The van der Waals surface area contributed by atoms with Crippen LogP contribution in [0.5, 0.6) is 0 Å². The molecule has 0 saturated carbocycles. The smallest absolute Gasteiger partial charge is 0.223 e. The lowest BCUT2D eigenvalue weighted by Gasteiger charge is -2.16. The normalized spacial score (nSPS) is 12.7. The number of para-hydroxylation sites is 2. The molecular formula is C19H29N3O. The minimum atomic E-state index is 0.0994. The second kappa shape index (κ2) is 8.14. The van der Waals surface area contributed by atoms with E-state index in [9.17, 15) is 4.79 Å². The molecule has 0 radical (unpaired) electrons. The van der Waals surface area contributed by atoms with Crippen LogP contribution in [0.25, 0.3) is 11.0 Å². The molecule has 0 aliphatic rings. The third-order valence-corrected chi connectivity index (χ3v) is 4.70. The number of nitrogens with zero attached hydrogens (tertiary/aromatic N) is 2. The highest BCUT2D eigenvalue weighted by Gasteiger charge is 2.16. The van der Waals surface area contributed by atoms with Crippen LogP contribution in [0, 0.1) is 11.8 Å².